The average Bonchev–Trinajstić information content (AvgIpc) is 2.21. The molecule has 0 unspecified atom stereocenters. The SMILES string of the molecule is COC(=O)N[C@H](C)c1cc(C)ccc1C. The van der Waals surface area contributed by atoms with Gasteiger partial charge >= 0.3 is 6.09 Å². The van der Waals surface area contributed by atoms with Crippen LogP contribution in [0.4, 0.5) is 4.79 Å². The van der Waals surface area contributed by atoms with Gasteiger partial charge in [-0.1, -0.05) is 23.8 Å². The third-order valence-electron chi connectivity index (χ3n) is 2.42. The molecule has 0 bridgehead atoms. The van der Waals surface area contributed by atoms with Crippen molar-refractivity contribution in [3.8, 4) is 0 Å². The summed E-state index contributed by atoms with van der Waals surface area (Å²) >= 11 is 0. The van der Waals surface area contributed by atoms with Crippen LogP contribution >= 0.6 is 0 Å². The highest BCUT2D eigenvalue weighted by molar-refractivity contribution is 5.67. The van der Waals surface area contributed by atoms with Gasteiger partial charge in [-0.15, -0.1) is 0 Å². The first kappa shape index (κ1) is 11.6. The van der Waals surface area contributed by atoms with Crippen molar-refractivity contribution < 1.29 is 9.53 Å². The van der Waals surface area contributed by atoms with E-state index in [1.807, 2.05) is 20.8 Å². The van der Waals surface area contributed by atoms with E-state index in [0.717, 1.165) is 5.56 Å². The number of aryl methyl sites for hydroxylation is 2. The molecule has 0 aliphatic heterocycles. The Morgan fingerprint density at radius 1 is 1.40 bits per heavy atom. The van der Waals surface area contributed by atoms with E-state index in [1.165, 1.54) is 18.2 Å². The van der Waals surface area contributed by atoms with Crippen LogP contribution < -0.4 is 5.32 Å². The lowest BCUT2D eigenvalue weighted by molar-refractivity contribution is 0.167. The van der Waals surface area contributed by atoms with Crippen molar-refractivity contribution in [1.29, 1.82) is 0 Å². The molecule has 0 saturated heterocycles. The number of alkyl carbamates (subject to hydrolysis) is 1. The van der Waals surface area contributed by atoms with Gasteiger partial charge in [-0.2, -0.15) is 0 Å². The summed E-state index contributed by atoms with van der Waals surface area (Å²) in [5.74, 6) is 0. The van der Waals surface area contributed by atoms with Gasteiger partial charge in [0.1, 0.15) is 0 Å². The molecule has 0 radical (unpaired) electrons. The molecule has 1 aromatic carbocycles. The van der Waals surface area contributed by atoms with Crippen molar-refractivity contribution in [3.63, 3.8) is 0 Å². The molecule has 3 nitrogen and oxygen atoms in total. The van der Waals surface area contributed by atoms with Gasteiger partial charge < -0.3 is 10.1 Å². The first-order chi connectivity index (χ1) is 7.04. The third-order valence-corrected chi connectivity index (χ3v) is 2.42. The molecule has 1 N–H and O–H groups in total. The molecule has 0 aliphatic rings. The number of methoxy groups -OCH3 is 1. The lowest BCUT2D eigenvalue weighted by Crippen LogP contribution is -2.26. The Balaban J connectivity index is 2.85. The molecule has 1 aromatic rings. The summed E-state index contributed by atoms with van der Waals surface area (Å²) < 4.78 is 4.56. The Bertz CT molecular complexity index is 361. The van der Waals surface area contributed by atoms with Crippen molar-refractivity contribution in [2.24, 2.45) is 0 Å². The van der Waals surface area contributed by atoms with E-state index in [-0.39, 0.29) is 6.04 Å². The highest BCUT2D eigenvalue weighted by Crippen LogP contribution is 2.18. The highest BCUT2D eigenvalue weighted by Gasteiger charge is 2.11. The van der Waals surface area contributed by atoms with Gasteiger partial charge in [0.2, 0.25) is 0 Å². The van der Waals surface area contributed by atoms with E-state index >= 15 is 0 Å². The van der Waals surface area contributed by atoms with Crippen LogP contribution in [0, 0.1) is 13.8 Å². The smallest absolute Gasteiger partial charge is 0.407 e. The molecule has 0 aromatic heterocycles. The average molecular weight is 207 g/mol. The summed E-state index contributed by atoms with van der Waals surface area (Å²) in [7, 11) is 1.37. The highest BCUT2D eigenvalue weighted by atomic mass is 16.5. The van der Waals surface area contributed by atoms with Crippen molar-refractivity contribution >= 4 is 6.09 Å². The van der Waals surface area contributed by atoms with Crippen molar-refractivity contribution in [3.05, 3.63) is 34.9 Å². The molecule has 1 atom stereocenters. The minimum Gasteiger partial charge on any atom is -0.453 e. The fourth-order valence-corrected chi connectivity index (χ4v) is 1.54. The van der Waals surface area contributed by atoms with Crippen molar-refractivity contribution in [2.75, 3.05) is 7.11 Å². The summed E-state index contributed by atoms with van der Waals surface area (Å²) in [6.45, 7) is 6.01. The van der Waals surface area contributed by atoms with Crippen LogP contribution in [0.15, 0.2) is 18.2 Å². The molecule has 0 spiro atoms. The summed E-state index contributed by atoms with van der Waals surface area (Å²) in [5.41, 5.74) is 3.49. The number of ether oxygens (including phenoxy) is 1. The van der Waals surface area contributed by atoms with Crippen LogP contribution in [-0.2, 0) is 4.74 Å². The van der Waals surface area contributed by atoms with E-state index in [1.54, 1.807) is 0 Å². The van der Waals surface area contributed by atoms with Crippen LogP contribution in [-0.4, -0.2) is 13.2 Å². The molecule has 82 valence electrons. The van der Waals surface area contributed by atoms with Gasteiger partial charge in [0.05, 0.1) is 13.2 Å². The Morgan fingerprint density at radius 3 is 2.67 bits per heavy atom. The number of hydrogen-bond donors (Lipinski definition) is 1. The Kier molecular flexibility index (Phi) is 3.72. The van der Waals surface area contributed by atoms with Crippen LogP contribution in [0.2, 0.25) is 0 Å². The zero-order chi connectivity index (χ0) is 11.4. The number of benzene rings is 1. The zero-order valence-corrected chi connectivity index (χ0v) is 9.63. The molecule has 15 heavy (non-hydrogen) atoms. The molecule has 0 saturated carbocycles. The van der Waals surface area contributed by atoms with Crippen LogP contribution in [0.1, 0.15) is 29.7 Å². The Labute approximate surface area is 90.4 Å². The van der Waals surface area contributed by atoms with Gasteiger partial charge in [0.15, 0.2) is 0 Å². The number of amides is 1. The molecule has 0 heterocycles. The topological polar surface area (TPSA) is 38.3 Å². The summed E-state index contributed by atoms with van der Waals surface area (Å²) in [6.07, 6.45) is -0.400. The normalized spacial score (nSPS) is 12.0. The fourth-order valence-electron chi connectivity index (χ4n) is 1.54. The van der Waals surface area contributed by atoms with Gasteiger partial charge in [-0.05, 0) is 31.9 Å². The van der Waals surface area contributed by atoms with Gasteiger partial charge in [0.25, 0.3) is 0 Å². The lowest BCUT2D eigenvalue weighted by Gasteiger charge is -2.16. The second-order valence-electron chi connectivity index (χ2n) is 3.72. The largest absolute Gasteiger partial charge is 0.453 e. The van der Waals surface area contributed by atoms with Crippen LogP contribution in [0.25, 0.3) is 0 Å². The zero-order valence-electron chi connectivity index (χ0n) is 9.63. The van der Waals surface area contributed by atoms with E-state index in [2.05, 4.69) is 28.3 Å². The number of carbonyl (C=O) groups excluding carboxylic acids is 1. The number of hydrogen-bond acceptors (Lipinski definition) is 2. The van der Waals surface area contributed by atoms with Gasteiger partial charge in [-0.25, -0.2) is 4.79 Å². The molecular formula is C12H17NO2. The quantitative estimate of drug-likeness (QED) is 0.809. The first-order valence-electron chi connectivity index (χ1n) is 4.96. The first-order valence-corrected chi connectivity index (χ1v) is 4.96. The Hall–Kier alpha value is -1.51. The van der Waals surface area contributed by atoms with Crippen molar-refractivity contribution in [1.82, 2.24) is 5.32 Å². The van der Waals surface area contributed by atoms with E-state index in [9.17, 15) is 4.79 Å². The van der Waals surface area contributed by atoms with E-state index < -0.39 is 6.09 Å². The second-order valence-corrected chi connectivity index (χ2v) is 3.72. The van der Waals surface area contributed by atoms with Gasteiger partial charge in [-0.3, -0.25) is 0 Å². The predicted octanol–water partition coefficient (Wildman–Crippen LogP) is 2.72. The third kappa shape index (κ3) is 2.98. The monoisotopic (exact) mass is 207 g/mol. The standard InChI is InChI=1S/C12H17NO2/c1-8-5-6-9(2)11(7-8)10(3)13-12(14)15-4/h5-7,10H,1-4H3,(H,13,14)/t10-/m1/s1. The summed E-state index contributed by atoms with van der Waals surface area (Å²) in [6, 6.07) is 6.16. The van der Waals surface area contributed by atoms with E-state index in [0.29, 0.717) is 0 Å². The van der Waals surface area contributed by atoms with E-state index in [4.69, 9.17) is 0 Å². The maximum atomic E-state index is 11.1. The fraction of sp³-hybridized carbons (Fsp3) is 0.417. The second kappa shape index (κ2) is 4.82. The molecular weight excluding hydrogens is 190 g/mol. The van der Waals surface area contributed by atoms with Gasteiger partial charge in [0, 0.05) is 0 Å². The van der Waals surface area contributed by atoms with Crippen LogP contribution in [0.3, 0.4) is 0 Å². The number of rotatable bonds is 2. The minimum atomic E-state index is -0.400. The Morgan fingerprint density at radius 2 is 2.07 bits per heavy atom. The number of nitrogens with one attached hydrogen (secondary N) is 1. The van der Waals surface area contributed by atoms with Crippen molar-refractivity contribution in [2.45, 2.75) is 26.8 Å². The molecule has 1 amide bonds. The minimum absolute atomic E-state index is 0.0302. The van der Waals surface area contributed by atoms with Crippen LogP contribution in [0.5, 0.6) is 0 Å². The predicted molar refractivity (Wildman–Crippen MR) is 59.9 cm³/mol. The molecule has 0 aliphatic carbocycles. The summed E-state index contributed by atoms with van der Waals surface area (Å²) in [4.78, 5) is 11.1. The maximum absolute atomic E-state index is 11.1. The molecule has 3 heteroatoms. The molecule has 0 fully saturated rings. The number of carbonyl (C=O) groups is 1. The summed E-state index contributed by atoms with van der Waals surface area (Å²) in [5, 5.41) is 2.75. The lowest BCUT2D eigenvalue weighted by atomic mass is 10.0. The maximum Gasteiger partial charge on any atom is 0.407 e. The molecule has 1 rings (SSSR count).